The molecule has 0 aliphatic carbocycles. The van der Waals surface area contributed by atoms with Crippen molar-refractivity contribution in [2.24, 2.45) is 0 Å². The summed E-state index contributed by atoms with van der Waals surface area (Å²) in [6.07, 6.45) is 0. The maximum absolute atomic E-state index is 12.9. The summed E-state index contributed by atoms with van der Waals surface area (Å²) >= 11 is 5.20. The molecule has 3 aromatic carbocycles. The van der Waals surface area contributed by atoms with Crippen LogP contribution in [0.3, 0.4) is 0 Å². The van der Waals surface area contributed by atoms with Gasteiger partial charge in [-0.15, -0.1) is 0 Å². The maximum Gasteiger partial charge on any atom is 0.340 e. The minimum absolute atomic E-state index is 0.00633. The molecule has 4 N–H and O–H groups in total. The monoisotopic (exact) mass is 450 g/mol. The van der Waals surface area contributed by atoms with E-state index in [0.29, 0.717) is 44.6 Å². The molecule has 0 saturated carbocycles. The third kappa shape index (κ3) is 3.20. The average molecular weight is 451 g/mol. The zero-order valence-electron chi connectivity index (χ0n) is 17.7. The highest BCUT2D eigenvalue weighted by atomic mass is 32.1. The van der Waals surface area contributed by atoms with Gasteiger partial charge in [0, 0.05) is 41.6 Å². The molecular weight excluding hydrogens is 428 g/mol. The number of benzene rings is 3. The van der Waals surface area contributed by atoms with Crippen LogP contribution in [0.1, 0.15) is 40.9 Å². The standard InChI is InChI=1S/C22H16N2O5S.C2H6/c1-23-21(30)24-11-2-5-14-17(8-11)22(29-20(14)27)15-6-3-12(25)9-18(15)28-19-10-13(26)4-7-16(19)22;1-2/h2-10,25-26H,1H3,(H2,23,24,30);1-2H3. The van der Waals surface area contributed by atoms with Gasteiger partial charge in [0.25, 0.3) is 0 Å². The van der Waals surface area contributed by atoms with Gasteiger partial charge in [0.2, 0.25) is 0 Å². The number of esters is 1. The van der Waals surface area contributed by atoms with Gasteiger partial charge in [0.1, 0.15) is 23.0 Å². The van der Waals surface area contributed by atoms with Gasteiger partial charge in [-0.1, -0.05) is 13.8 Å². The van der Waals surface area contributed by atoms with Crippen molar-refractivity contribution in [2.45, 2.75) is 19.4 Å². The van der Waals surface area contributed by atoms with Gasteiger partial charge in [0.15, 0.2) is 10.7 Å². The van der Waals surface area contributed by atoms with Crippen LogP contribution in [0, 0.1) is 0 Å². The van der Waals surface area contributed by atoms with Crippen LogP contribution in [-0.2, 0) is 10.3 Å². The highest BCUT2D eigenvalue weighted by Crippen LogP contribution is 2.57. The Balaban J connectivity index is 0.00000119. The molecule has 8 heteroatoms. The first-order valence-electron chi connectivity index (χ1n) is 10.1. The van der Waals surface area contributed by atoms with Crippen molar-refractivity contribution in [3.8, 4) is 23.0 Å². The Morgan fingerprint density at radius 2 is 1.50 bits per heavy atom. The lowest BCUT2D eigenvalue weighted by atomic mass is 9.77. The van der Waals surface area contributed by atoms with Gasteiger partial charge >= 0.3 is 5.97 Å². The van der Waals surface area contributed by atoms with Gasteiger partial charge < -0.3 is 30.3 Å². The Kier molecular flexibility index (Phi) is 5.40. The summed E-state index contributed by atoms with van der Waals surface area (Å²) in [6.45, 7) is 4.00. The summed E-state index contributed by atoms with van der Waals surface area (Å²) in [4.78, 5) is 12.9. The lowest BCUT2D eigenvalue weighted by Gasteiger charge is -2.36. The van der Waals surface area contributed by atoms with Gasteiger partial charge in [-0.05, 0) is 54.7 Å². The van der Waals surface area contributed by atoms with Crippen molar-refractivity contribution in [3.05, 3.63) is 76.9 Å². The Morgan fingerprint density at radius 1 is 0.906 bits per heavy atom. The number of anilines is 1. The van der Waals surface area contributed by atoms with Crippen LogP contribution in [0.4, 0.5) is 5.69 Å². The van der Waals surface area contributed by atoms with Crippen molar-refractivity contribution >= 4 is 29.0 Å². The van der Waals surface area contributed by atoms with E-state index in [1.54, 1.807) is 31.3 Å². The molecule has 2 heterocycles. The van der Waals surface area contributed by atoms with E-state index in [1.165, 1.54) is 24.3 Å². The van der Waals surface area contributed by atoms with Crippen LogP contribution in [0.2, 0.25) is 0 Å². The van der Waals surface area contributed by atoms with Crippen molar-refractivity contribution in [3.63, 3.8) is 0 Å². The second-order valence-corrected chi connectivity index (χ2v) is 7.41. The third-order valence-electron chi connectivity index (χ3n) is 5.26. The predicted molar refractivity (Wildman–Crippen MR) is 125 cm³/mol. The number of carbonyl (C=O) groups excluding carboxylic acids is 1. The normalized spacial score (nSPS) is 14.0. The van der Waals surface area contributed by atoms with Crippen molar-refractivity contribution < 1.29 is 24.5 Å². The lowest BCUT2D eigenvalue weighted by Crippen LogP contribution is -2.33. The van der Waals surface area contributed by atoms with E-state index in [-0.39, 0.29) is 11.5 Å². The molecule has 3 aromatic rings. The number of nitrogens with one attached hydrogen (secondary N) is 2. The summed E-state index contributed by atoms with van der Waals surface area (Å²) in [6, 6.07) is 14.5. The van der Waals surface area contributed by atoms with Gasteiger partial charge in [-0.3, -0.25) is 0 Å². The fourth-order valence-corrected chi connectivity index (χ4v) is 4.09. The molecule has 0 unspecified atom stereocenters. The summed E-state index contributed by atoms with van der Waals surface area (Å²) in [5.41, 5.74) is 1.54. The predicted octanol–water partition coefficient (Wildman–Crippen LogP) is 4.61. The average Bonchev–Trinajstić information content (AvgIpc) is 3.07. The Labute approximate surface area is 190 Å². The molecule has 1 spiro atoms. The second kappa shape index (κ2) is 8.05. The summed E-state index contributed by atoms with van der Waals surface area (Å²) in [7, 11) is 1.71. The molecule has 32 heavy (non-hydrogen) atoms. The number of ether oxygens (including phenoxy) is 2. The maximum atomic E-state index is 12.9. The minimum atomic E-state index is -1.30. The fraction of sp³-hybridized carbons (Fsp3) is 0.167. The zero-order chi connectivity index (χ0) is 23.0. The van der Waals surface area contributed by atoms with E-state index in [9.17, 15) is 15.0 Å². The topological polar surface area (TPSA) is 100 Å². The molecule has 0 radical (unpaired) electrons. The number of hydrogen-bond acceptors (Lipinski definition) is 6. The zero-order valence-corrected chi connectivity index (χ0v) is 18.5. The number of thiocarbonyl (C=S) groups is 1. The quantitative estimate of drug-likeness (QED) is 0.315. The minimum Gasteiger partial charge on any atom is -0.508 e. The molecule has 0 amide bonds. The first-order chi connectivity index (χ1) is 15.4. The Bertz CT molecular complexity index is 1190. The Morgan fingerprint density at radius 3 is 2.06 bits per heavy atom. The number of hydrogen-bond donors (Lipinski definition) is 4. The first-order valence-corrected chi connectivity index (χ1v) is 10.5. The van der Waals surface area contributed by atoms with E-state index >= 15 is 0 Å². The van der Waals surface area contributed by atoms with Gasteiger partial charge in [0.05, 0.1) is 5.56 Å². The lowest BCUT2D eigenvalue weighted by molar-refractivity contribution is 0.0224. The van der Waals surface area contributed by atoms with Crippen molar-refractivity contribution in [1.29, 1.82) is 0 Å². The summed E-state index contributed by atoms with van der Waals surface area (Å²) < 4.78 is 12.0. The van der Waals surface area contributed by atoms with Gasteiger partial charge in [-0.2, -0.15) is 0 Å². The number of aromatic hydroxyl groups is 2. The molecule has 0 bridgehead atoms. The number of rotatable bonds is 1. The highest BCUT2D eigenvalue weighted by molar-refractivity contribution is 7.80. The fourth-order valence-electron chi connectivity index (χ4n) is 3.97. The molecule has 0 atom stereocenters. The van der Waals surface area contributed by atoms with Crippen LogP contribution in [0.25, 0.3) is 0 Å². The molecule has 2 aliphatic rings. The first kappa shape index (κ1) is 21.5. The number of phenolic OH excluding ortho intramolecular Hbond substituents is 2. The summed E-state index contributed by atoms with van der Waals surface area (Å²) in [5.74, 6) is 0.196. The second-order valence-electron chi connectivity index (χ2n) is 7.00. The molecule has 7 nitrogen and oxygen atoms in total. The SMILES string of the molecule is CC.CNC(=S)Nc1ccc2c(c1)C1(OC2=O)c2ccc(O)cc2Oc2cc(O)ccc21. The Hall–Kier alpha value is -3.78. The molecule has 0 saturated heterocycles. The molecule has 0 fully saturated rings. The molecule has 5 rings (SSSR count). The van der Waals surface area contributed by atoms with Crippen LogP contribution >= 0.6 is 12.2 Å². The van der Waals surface area contributed by atoms with Crippen LogP contribution in [0.15, 0.2) is 54.6 Å². The van der Waals surface area contributed by atoms with Crippen LogP contribution < -0.4 is 15.4 Å². The van der Waals surface area contributed by atoms with Crippen molar-refractivity contribution in [2.75, 3.05) is 12.4 Å². The number of carbonyl (C=O) groups is 1. The smallest absolute Gasteiger partial charge is 0.340 e. The van der Waals surface area contributed by atoms with Crippen LogP contribution in [-0.4, -0.2) is 28.3 Å². The molecule has 164 valence electrons. The number of fused-ring (bicyclic) bond motifs is 6. The largest absolute Gasteiger partial charge is 0.508 e. The number of phenols is 2. The van der Waals surface area contributed by atoms with E-state index in [4.69, 9.17) is 21.7 Å². The van der Waals surface area contributed by atoms with Gasteiger partial charge in [-0.25, -0.2) is 4.79 Å². The van der Waals surface area contributed by atoms with Crippen molar-refractivity contribution in [1.82, 2.24) is 5.32 Å². The molecular formula is C24H22N2O5S. The summed E-state index contributed by atoms with van der Waals surface area (Å²) in [5, 5.41) is 26.3. The van der Waals surface area contributed by atoms with E-state index in [2.05, 4.69) is 10.6 Å². The van der Waals surface area contributed by atoms with E-state index < -0.39 is 11.6 Å². The molecule has 0 aromatic heterocycles. The van der Waals surface area contributed by atoms with Crippen LogP contribution in [0.5, 0.6) is 23.0 Å². The highest BCUT2D eigenvalue weighted by Gasteiger charge is 2.53. The molecule has 2 aliphatic heterocycles. The third-order valence-corrected chi connectivity index (χ3v) is 5.56. The van der Waals surface area contributed by atoms with E-state index in [1.807, 2.05) is 19.9 Å². The van der Waals surface area contributed by atoms with E-state index in [0.717, 1.165) is 0 Å².